The molecule has 3 rings (SSSR count). The summed E-state index contributed by atoms with van der Waals surface area (Å²) in [4.78, 5) is 11.3. The number of thiazole rings is 1. The van der Waals surface area contributed by atoms with Crippen LogP contribution in [-0.4, -0.2) is 43.7 Å². The predicted octanol–water partition coefficient (Wildman–Crippen LogP) is 3.59. The van der Waals surface area contributed by atoms with Gasteiger partial charge < -0.3 is 15.5 Å². The van der Waals surface area contributed by atoms with E-state index in [2.05, 4.69) is 71.1 Å². The minimum atomic E-state index is 0.412. The van der Waals surface area contributed by atoms with Gasteiger partial charge in [-0.15, -0.1) is 11.3 Å². The van der Waals surface area contributed by atoms with Gasteiger partial charge in [-0.3, -0.25) is 4.99 Å². The third kappa shape index (κ3) is 5.20. The standard InChI is InChI=1S/C19H26BrN5S/c1-14-13-26-18(23-14)8-5-10-22-19(21-2)24-15-9-11-25(12-15)17-7-4-3-6-16(17)20/h3-4,6-7,13,15H,5,8-12H2,1-2H3,(H2,21,22,24). The van der Waals surface area contributed by atoms with E-state index >= 15 is 0 Å². The summed E-state index contributed by atoms with van der Waals surface area (Å²) in [5, 5.41) is 10.3. The maximum Gasteiger partial charge on any atom is 0.191 e. The number of aromatic nitrogens is 1. The highest BCUT2D eigenvalue weighted by atomic mass is 79.9. The average molecular weight is 436 g/mol. The summed E-state index contributed by atoms with van der Waals surface area (Å²) in [6.07, 6.45) is 3.18. The molecule has 0 spiro atoms. The van der Waals surface area contributed by atoms with Gasteiger partial charge in [-0.05, 0) is 47.8 Å². The van der Waals surface area contributed by atoms with Crippen LogP contribution in [0.25, 0.3) is 0 Å². The van der Waals surface area contributed by atoms with Crippen LogP contribution in [-0.2, 0) is 6.42 Å². The predicted molar refractivity (Wildman–Crippen MR) is 114 cm³/mol. The molecule has 1 unspecified atom stereocenters. The SMILES string of the molecule is CN=C(NCCCc1nc(C)cs1)NC1CCN(c2ccccc2Br)C1. The Morgan fingerprint density at radius 1 is 1.42 bits per heavy atom. The van der Waals surface area contributed by atoms with Crippen molar-refractivity contribution in [3.63, 3.8) is 0 Å². The number of aryl methyl sites for hydroxylation is 2. The van der Waals surface area contributed by atoms with Crippen LogP contribution < -0.4 is 15.5 Å². The van der Waals surface area contributed by atoms with Gasteiger partial charge in [-0.25, -0.2) is 4.98 Å². The summed E-state index contributed by atoms with van der Waals surface area (Å²) in [5.41, 5.74) is 2.38. The first kappa shape index (κ1) is 19.2. The Balaban J connectivity index is 1.42. The molecule has 2 aromatic rings. The van der Waals surface area contributed by atoms with Crippen LogP contribution >= 0.6 is 27.3 Å². The molecule has 0 saturated carbocycles. The molecule has 1 fully saturated rings. The maximum atomic E-state index is 4.51. The highest BCUT2D eigenvalue weighted by Crippen LogP contribution is 2.28. The molecular formula is C19H26BrN5S. The molecule has 1 aliphatic rings. The van der Waals surface area contributed by atoms with Crippen LogP contribution in [0.1, 0.15) is 23.5 Å². The van der Waals surface area contributed by atoms with E-state index in [1.807, 2.05) is 14.0 Å². The summed E-state index contributed by atoms with van der Waals surface area (Å²) >= 11 is 5.40. The van der Waals surface area contributed by atoms with Crippen molar-refractivity contribution in [2.75, 3.05) is 31.6 Å². The number of rotatable bonds is 6. The van der Waals surface area contributed by atoms with Gasteiger partial charge >= 0.3 is 0 Å². The van der Waals surface area contributed by atoms with Crippen LogP contribution in [0.3, 0.4) is 0 Å². The molecule has 0 bridgehead atoms. The third-order valence-corrected chi connectivity index (χ3v) is 6.17. The fourth-order valence-corrected chi connectivity index (χ4v) is 4.51. The smallest absolute Gasteiger partial charge is 0.191 e. The Bertz CT molecular complexity index is 745. The Morgan fingerprint density at radius 3 is 3.00 bits per heavy atom. The van der Waals surface area contributed by atoms with Crippen molar-refractivity contribution in [1.29, 1.82) is 0 Å². The summed E-state index contributed by atoms with van der Waals surface area (Å²) in [6, 6.07) is 8.82. The molecule has 7 heteroatoms. The average Bonchev–Trinajstić information content (AvgIpc) is 3.27. The monoisotopic (exact) mass is 435 g/mol. The van der Waals surface area contributed by atoms with Crippen molar-refractivity contribution in [2.24, 2.45) is 4.99 Å². The van der Waals surface area contributed by atoms with E-state index in [4.69, 9.17) is 0 Å². The Morgan fingerprint density at radius 2 is 2.27 bits per heavy atom. The molecule has 1 aliphatic heterocycles. The Kier molecular flexibility index (Phi) is 6.91. The van der Waals surface area contributed by atoms with Crippen molar-refractivity contribution in [3.05, 3.63) is 44.8 Å². The van der Waals surface area contributed by atoms with E-state index in [1.165, 1.54) is 10.7 Å². The number of hydrogen-bond acceptors (Lipinski definition) is 4. The van der Waals surface area contributed by atoms with E-state index in [9.17, 15) is 0 Å². The first-order valence-corrected chi connectivity index (χ1v) is 10.7. The van der Waals surface area contributed by atoms with Crippen LogP contribution in [0.5, 0.6) is 0 Å². The van der Waals surface area contributed by atoms with Gasteiger partial charge in [0.05, 0.1) is 10.7 Å². The topological polar surface area (TPSA) is 52.6 Å². The van der Waals surface area contributed by atoms with Crippen LogP contribution in [0.15, 0.2) is 39.1 Å². The summed E-state index contributed by atoms with van der Waals surface area (Å²) in [7, 11) is 1.83. The van der Waals surface area contributed by atoms with Crippen LogP contribution in [0.2, 0.25) is 0 Å². The lowest BCUT2D eigenvalue weighted by atomic mass is 10.2. The van der Waals surface area contributed by atoms with Gasteiger partial charge in [0.25, 0.3) is 0 Å². The van der Waals surface area contributed by atoms with Crippen molar-refractivity contribution in [3.8, 4) is 0 Å². The van der Waals surface area contributed by atoms with Crippen LogP contribution in [0.4, 0.5) is 5.69 Å². The number of anilines is 1. The van der Waals surface area contributed by atoms with E-state index in [0.29, 0.717) is 6.04 Å². The molecule has 2 heterocycles. The largest absolute Gasteiger partial charge is 0.368 e. The molecule has 140 valence electrons. The summed E-state index contributed by atoms with van der Waals surface area (Å²) in [5.74, 6) is 0.888. The van der Waals surface area contributed by atoms with Gasteiger partial charge in [-0.2, -0.15) is 0 Å². The quantitative estimate of drug-likeness (QED) is 0.413. The highest BCUT2D eigenvalue weighted by Gasteiger charge is 2.24. The molecule has 26 heavy (non-hydrogen) atoms. The fraction of sp³-hybridized carbons (Fsp3) is 0.474. The third-order valence-electron chi connectivity index (χ3n) is 4.47. The zero-order valence-corrected chi connectivity index (χ0v) is 17.7. The molecule has 2 N–H and O–H groups in total. The Hall–Kier alpha value is -1.60. The Labute approximate surface area is 168 Å². The first-order valence-electron chi connectivity index (χ1n) is 9.03. The van der Waals surface area contributed by atoms with Gasteiger partial charge in [0.1, 0.15) is 0 Å². The highest BCUT2D eigenvalue weighted by molar-refractivity contribution is 9.10. The number of para-hydroxylation sites is 1. The second kappa shape index (κ2) is 9.37. The number of halogens is 1. The molecular weight excluding hydrogens is 410 g/mol. The molecule has 0 radical (unpaired) electrons. The minimum Gasteiger partial charge on any atom is -0.368 e. The lowest BCUT2D eigenvalue weighted by Crippen LogP contribution is -2.44. The minimum absolute atomic E-state index is 0.412. The number of guanidine groups is 1. The second-order valence-electron chi connectivity index (χ2n) is 6.51. The molecule has 1 atom stereocenters. The van der Waals surface area contributed by atoms with E-state index in [-0.39, 0.29) is 0 Å². The lowest BCUT2D eigenvalue weighted by Gasteiger charge is -2.21. The number of hydrogen-bond donors (Lipinski definition) is 2. The van der Waals surface area contributed by atoms with E-state index in [0.717, 1.165) is 55.0 Å². The van der Waals surface area contributed by atoms with E-state index < -0.39 is 0 Å². The van der Waals surface area contributed by atoms with Gasteiger partial charge in [0, 0.05) is 54.7 Å². The maximum absolute atomic E-state index is 4.51. The van der Waals surface area contributed by atoms with Gasteiger partial charge in [0.2, 0.25) is 0 Å². The zero-order valence-electron chi connectivity index (χ0n) is 15.3. The van der Waals surface area contributed by atoms with Crippen molar-refractivity contribution in [2.45, 2.75) is 32.2 Å². The second-order valence-corrected chi connectivity index (χ2v) is 8.31. The summed E-state index contributed by atoms with van der Waals surface area (Å²) < 4.78 is 1.15. The van der Waals surface area contributed by atoms with Crippen molar-refractivity contribution < 1.29 is 0 Å². The number of nitrogens with zero attached hydrogens (tertiary/aromatic N) is 3. The molecule has 1 saturated heterocycles. The number of aliphatic imine (C=N–C) groups is 1. The van der Waals surface area contributed by atoms with Crippen molar-refractivity contribution >= 4 is 38.9 Å². The first-order chi connectivity index (χ1) is 12.7. The zero-order chi connectivity index (χ0) is 18.4. The molecule has 0 aliphatic carbocycles. The van der Waals surface area contributed by atoms with E-state index in [1.54, 1.807) is 11.3 Å². The van der Waals surface area contributed by atoms with Gasteiger partial charge in [0.15, 0.2) is 5.96 Å². The van der Waals surface area contributed by atoms with Crippen LogP contribution in [0, 0.1) is 6.92 Å². The summed E-state index contributed by atoms with van der Waals surface area (Å²) in [6.45, 7) is 4.99. The fourth-order valence-electron chi connectivity index (χ4n) is 3.16. The molecule has 0 amide bonds. The lowest BCUT2D eigenvalue weighted by molar-refractivity contribution is 0.642. The van der Waals surface area contributed by atoms with Crippen molar-refractivity contribution in [1.82, 2.24) is 15.6 Å². The number of benzene rings is 1. The molecule has 1 aromatic heterocycles. The van der Waals surface area contributed by atoms with Gasteiger partial charge in [-0.1, -0.05) is 12.1 Å². The number of nitrogens with one attached hydrogen (secondary N) is 2. The molecule has 1 aromatic carbocycles. The molecule has 5 nitrogen and oxygen atoms in total. The normalized spacial score (nSPS) is 17.6.